The van der Waals surface area contributed by atoms with Gasteiger partial charge in [0, 0.05) is 16.3 Å². The summed E-state index contributed by atoms with van der Waals surface area (Å²) in [5, 5.41) is 10.0. The maximum absolute atomic E-state index is 13.2. The molecule has 0 atom stereocenters. The average Bonchev–Trinajstić information content (AvgIpc) is 3.23. The third-order valence-corrected chi connectivity index (χ3v) is 6.04. The maximum atomic E-state index is 13.2. The van der Waals surface area contributed by atoms with Crippen LogP contribution >= 0.6 is 22.9 Å². The molecule has 32 heavy (non-hydrogen) atoms. The molecule has 0 saturated heterocycles. The summed E-state index contributed by atoms with van der Waals surface area (Å²) < 4.78 is 40.2. The minimum absolute atomic E-state index is 0.0608. The molecule has 4 rings (SSSR count). The molecule has 2 N–H and O–H groups in total. The molecule has 0 aliphatic carbocycles. The van der Waals surface area contributed by atoms with Crippen LogP contribution in [-0.4, -0.2) is 14.5 Å². The van der Waals surface area contributed by atoms with E-state index in [0.717, 1.165) is 11.8 Å². The van der Waals surface area contributed by atoms with E-state index in [4.69, 9.17) is 17.3 Å². The van der Waals surface area contributed by atoms with Crippen LogP contribution in [0.25, 0.3) is 21.5 Å². The number of fused-ring (bicyclic) bond motifs is 1. The van der Waals surface area contributed by atoms with Gasteiger partial charge in [-0.15, -0.1) is 11.3 Å². The molecular weight excluding hydrogens is 463 g/mol. The average molecular weight is 476 g/mol. The molecule has 4 aromatic rings. The second kappa shape index (κ2) is 8.26. The molecular formula is C21H13ClF3N5OS. The third-order valence-electron chi connectivity index (χ3n) is 4.71. The standard InChI is InChI=1S/C21H13ClF3N5OS/c22-12-3-1-11(2-4-12)10-30-18(5-6-26)29-16-8-13(15(27)7-14(16)20(30)31)19-28-9-17(32-19)21(23,24)25/h1-4,7-9H,5,10,27H2. The maximum Gasteiger partial charge on any atom is 0.427 e. The van der Waals surface area contributed by atoms with E-state index in [1.807, 2.05) is 6.07 Å². The van der Waals surface area contributed by atoms with Gasteiger partial charge in [0.15, 0.2) is 0 Å². The van der Waals surface area contributed by atoms with Crippen LogP contribution in [-0.2, 0) is 19.1 Å². The van der Waals surface area contributed by atoms with Crippen LogP contribution in [0.3, 0.4) is 0 Å². The first-order valence-electron chi connectivity index (χ1n) is 9.15. The lowest BCUT2D eigenvalue weighted by Crippen LogP contribution is -2.26. The molecule has 0 bridgehead atoms. The predicted molar refractivity (Wildman–Crippen MR) is 116 cm³/mol. The molecule has 0 unspecified atom stereocenters. The lowest BCUT2D eigenvalue weighted by molar-refractivity contribution is -0.134. The lowest BCUT2D eigenvalue weighted by atomic mass is 10.1. The highest BCUT2D eigenvalue weighted by atomic mass is 35.5. The summed E-state index contributed by atoms with van der Waals surface area (Å²) in [6.45, 7) is 0.166. The van der Waals surface area contributed by atoms with Crippen molar-refractivity contribution < 1.29 is 13.2 Å². The Morgan fingerprint density at radius 3 is 2.56 bits per heavy atom. The normalized spacial score (nSPS) is 11.6. The Morgan fingerprint density at radius 1 is 1.22 bits per heavy atom. The van der Waals surface area contributed by atoms with E-state index in [0.29, 0.717) is 16.4 Å². The molecule has 0 spiro atoms. The predicted octanol–water partition coefficient (Wildman–Crippen LogP) is 4.89. The Kier molecular flexibility index (Phi) is 5.62. The highest BCUT2D eigenvalue weighted by molar-refractivity contribution is 7.15. The third kappa shape index (κ3) is 4.17. The Balaban J connectivity index is 1.85. The van der Waals surface area contributed by atoms with Gasteiger partial charge in [0.25, 0.3) is 5.56 Å². The molecule has 0 radical (unpaired) electrons. The van der Waals surface area contributed by atoms with Crippen molar-refractivity contribution in [2.24, 2.45) is 0 Å². The van der Waals surface area contributed by atoms with Crippen LogP contribution in [0.5, 0.6) is 0 Å². The van der Waals surface area contributed by atoms with Crippen LogP contribution in [0.2, 0.25) is 5.02 Å². The first kappa shape index (κ1) is 21.8. The fourth-order valence-corrected chi connectivity index (χ4v) is 4.13. The van der Waals surface area contributed by atoms with E-state index in [-0.39, 0.29) is 46.0 Å². The van der Waals surface area contributed by atoms with Crippen LogP contribution in [0, 0.1) is 11.3 Å². The Bertz CT molecular complexity index is 1420. The number of benzene rings is 2. The van der Waals surface area contributed by atoms with Gasteiger partial charge in [-0.25, -0.2) is 9.97 Å². The summed E-state index contributed by atoms with van der Waals surface area (Å²) in [6.07, 6.45) is -3.91. The van der Waals surface area contributed by atoms with E-state index in [2.05, 4.69) is 9.97 Å². The van der Waals surface area contributed by atoms with Gasteiger partial charge in [-0.05, 0) is 29.8 Å². The van der Waals surface area contributed by atoms with Gasteiger partial charge in [0.05, 0.1) is 36.1 Å². The van der Waals surface area contributed by atoms with E-state index in [9.17, 15) is 23.2 Å². The highest BCUT2D eigenvalue weighted by Crippen LogP contribution is 2.38. The molecule has 2 heterocycles. The Hall–Kier alpha value is -3.42. The van der Waals surface area contributed by atoms with Crippen molar-refractivity contribution in [3.8, 4) is 16.6 Å². The molecule has 0 aliphatic rings. The molecule has 6 nitrogen and oxygen atoms in total. The van der Waals surface area contributed by atoms with Gasteiger partial charge in [-0.3, -0.25) is 9.36 Å². The number of nitrogens with zero attached hydrogens (tertiary/aromatic N) is 4. The smallest absolute Gasteiger partial charge is 0.398 e. The van der Waals surface area contributed by atoms with Crippen molar-refractivity contribution in [1.82, 2.24) is 14.5 Å². The van der Waals surface area contributed by atoms with Crippen molar-refractivity contribution >= 4 is 39.5 Å². The topological polar surface area (TPSA) is 97.6 Å². The van der Waals surface area contributed by atoms with Crippen LogP contribution < -0.4 is 11.3 Å². The SMILES string of the molecule is N#CCc1nc2cc(-c3ncc(C(F)(F)F)s3)c(N)cc2c(=O)n1Cc1ccc(Cl)cc1. The van der Waals surface area contributed by atoms with E-state index in [1.165, 1.54) is 16.7 Å². The highest BCUT2D eigenvalue weighted by Gasteiger charge is 2.33. The van der Waals surface area contributed by atoms with Gasteiger partial charge in [0.1, 0.15) is 15.7 Å². The summed E-state index contributed by atoms with van der Waals surface area (Å²) in [7, 11) is 0. The number of hydrogen-bond donors (Lipinski definition) is 1. The van der Waals surface area contributed by atoms with Crippen molar-refractivity contribution in [1.29, 1.82) is 5.26 Å². The Morgan fingerprint density at radius 2 is 1.94 bits per heavy atom. The zero-order valence-corrected chi connectivity index (χ0v) is 17.7. The second-order valence-electron chi connectivity index (χ2n) is 6.86. The number of nitrogen functional groups attached to an aromatic ring is 1. The van der Waals surface area contributed by atoms with Crippen LogP contribution in [0.15, 0.2) is 47.4 Å². The molecule has 2 aromatic heterocycles. The molecule has 11 heteroatoms. The minimum atomic E-state index is -4.52. The Labute approximate surface area is 188 Å². The van der Waals surface area contributed by atoms with Gasteiger partial charge < -0.3 is 5.73 Å². The number of rotatable bonds is 4. The number of aromatic nitrogens is 3. The van der Waals surface area contributed by atoms with Crippen LogP contribution in [0.1, 0.15) is 16.3 Å². The quantitative estimate of drug-likeness (QED) is 0.424. The number of anilines is 1. The van der Waals surface area contributed by atoms with E-state index >= 15 is 0 Å². The number of nitrogens with two attached hydrogens (primary N) is 1. The number of hydrogen-bond acceptors (Lipinski definition) is 6. The summed E-state index contributed by atoms with van der Waals surface area (Å²) in [5.41, 5.74) is 7.00. The molecule has 0 fully saturated rings. The first-order chi connectivity index (χ1) is 15.2. The minimum Gasteiger partial charge on any atom is -0.398 e. The van der Waals surface area contributed by atoms with E-state index in [1.54, 1.807) is 24.3 Å². The number of nitriles is 1. The van der Waals surface area contributed by atoms with Gasteiger partial charge in [-0.2, -0.15) is 18.4 Å². The molecule has 0 aliphatic heterocycles. The molecule has 0 saturated carbocycles. The second-order valence-corrected chi connectivity index (χ2v) is 8.33. The summed E-state index contributed by atoms with van der Waals surface area (Å²) in [5.74, 6) is 0.228. The molecule has 2 aromatic carbocycles. The van der Waals surface area contributed by atoms with Gasteiger partial charge >= 0.3 is 6.18 Å². The number of halogens is 4. The first-order valence-corrected chi connectivity index (χ1v) is 10.3. The number of thiazole rings is 1. The van der Waals surface area contributed by atoms with Gasteiger partial charge in [-0.1, -0.05) is 23.7 Å². The summed E-state index contributed by atoms with van der Waals surface area (Å²) in [6, 6.07) is 11.7. The fourth-order valence-electron chi connectivity index (χ4n) is 3.19. The van der Waals surface area contributed by atoms with Crippen molar-refractivity contribution in [2.45, 2.75) is 19.1 Å². The zero-order valence-electron chi connectivity index (χ0n) is 16.2. The fraction of sp³-hybridized carbons (Fsp3) is 0.143. The van der Waals surface area contributed by atoms with Crippen molar-refractivity contribution in [2.75, 3.05) is 5.73 Å². The van der Waals surface area contributed by atoms with Crippen LogP contribution in [0.4, 0.5) is 18.9 Å². The lowest BCUT2D eigenvalue weighted by Gasteiger charge is -2.13. The molecule has 162 valence electrons. The van der Waals surface area contributed by atoms with Crippen molar-refractivity contribution in [3.63, 3.8) is 0 Å². The van der Waals surface area contributed by atoms with Gasteiger partial charge in [0.2, 0.25) is 0 Å². The van der Waals surface area contributed by atoms with E-state index < -0.39 is 16.6 Å². The number of alkyl halides is 3. The zero-order chi connectivity index (χ0) is 23.0. The monoisotopic (exact) mass is 475 g/mol. The largest absolute Gasteiger partial charge is 0.427 e. The summed E-state index contributed by atoms with van der Waals surface area (Å²) >= 11 is 6.36. The molecule has 0 amide bonds. The van der Waals surface area contributed by atoms with Crippen molar-refractivity contribution in [3.05, 3.63) is 74.2 Å². The summed E-state index contributed by atoms with van der Waals surface area (Å²) in [4.78, 5) is 20.6.